The van der Waals surface area contributed by atoms with Gasteiger partial charge in [-0.1, -0.05) is 41.4 Å². The van der Waals surface area contributed by atoms with Gasteiger partial charge in [-0.2, -0.15) is 0 Å². The first-order valence-corrected chi connectivity index (χ1v) is 8.05. The summed E-state index contributed by atoms with van der Waals surface area (Å²) in [6, 6.07) is 8.85. The Kier molecular flexibility index (Phi) is 5.00. The van der Waals surface area contributed by atoms with Gasteiger partial charge in [0.25, 0.3) is 0 Å². The summed E-state index contributed by atoms with van der Waals surface area (Å²) in [4.78, 5) is 8.12. The van der Waals surface area contributed by atoms with Crippen LogP contribution in [0.25, 0.3) is 6.08 Å². The highest BCUT2D eigenvalue weighted by molar-refractivity contribution is 6.35. The number of hydrogen-bond donors (Lipinski definition) is 1. The fourth-order valence-corrected chi connectivity index (χ4v) is 2.85. The Morgan fingerprint density at radius 1 is 1.17 bits per heavy atom. The zero-order valence-corrected chi connectivity index (χ0v) is 14.2. The first-order chi connectivity index (χ1) is 11.6. The molecule has 0 saturated carbocycles. The van der Waals surface area contributed by atoms with Gasteiger partial charge in [0.05, 0.1) is 12.9 Å². The minimum atomic E-state index is -1.25. The van der Waals surface area contributed by atoms with E-state index in [4.69, 9.17) is 23.2 Å². The van der Waals surface area contributed by atoms with Gasteiger partial charge in [0, 0.05) is 40.4 Å². The zero-order valence-electron chi connectivity index (χ0n) is 12.7. The van der Waals surface area contributed by atoms with Crippen molar-refractivity contribution in [2.45, 2.75) is 12.1 Å². The normalized spacial score (nSPS) is 14.0. The average molecular weight is 360 g/mol. The summed E-state index contributed by atoms with van der Waals surface area (Å²) >= 11 is 12.1. The van der Waals surface area contributed by atoms with E-state index in [1.807, 2.05) is 12.1 Å². The molecule has 1 aromatic carbocycles. The molecular formula is C18H15Cl2N3O. The molecule has 0 saturated heterocycles. The van der Waals surface area contributed by atoms with E-state index in [-0.39, 0.29) is 0 Å². The van der Waals surface area contributed by atoms with Crippen LogP contribution in [0, 0.1) is 0 Å². The van der Waals surface area contributed by atoms with Crippen molar-refractivity contribution in [2.24, 2.45) is 0 Å². The van der Waals surface area contributed by atoms with E-state index in [0.29, 0.717) is 22.2 Å². The molecule has 0 radical (unpaired) electrons. The fraction of sp³-hybridized carbons (Fsp3) is 0.111. The highest BCUT2D eigenvalue weighted by Gasteiger charge is 2.27. The van der Waals surface area contributed by atoms with Gasteiger partial charge in [0.2, 0.25) is 0 Å². The minimum Gasteiger partial charge on any atom is -0.379 e. The van der Waals surface area contributed by atoms with Gasteiger partial charge < -0.3 is 9.67 Å². The smallest absolute Gasteiger partial charge is 0.127 e. The number of rotatable bonds is 5. The Balaban J connectivity index is 1.96. The van der Waals surface area contributed by atoms with Gasteiger partial charge in [-0.3, -0.25) is 4.98 Å². The van der Waals surface area contributed by atoms with Crippen molar-refractivity contribution in [3.8, 4) is 0 Å². The van der Waals surface area contributed by atoms with E-state index in [9.17, 15) is 5.11 Å². The van der Waals surface area contributed by atoms with Crippen LogP contribution in [0.5, 0.6) is 0 Å². The van der Waals surface area contributed by atoms with Crippen LogP contribution in [0.1, 0.15) is 11.1 Å². The maximum Gasteiger partial charge on any atom is 0.127 e. The van der Waals surface area contributed by atoms with E-state index in [2.05, 4.69) is 9.97 Å². The standard InChI is InChI=1S/C18H15Cl2N3O/c19-16-4-3-14(17(20)10-16)5-6-18(24,12-23-9-8-22-13-23)15-2-1-7-21-11-15/h1-11,13,24H,12H2/b6-5+. The molecule has 0 spiro atoms. The molecular weight excluding hydrogens is 345 g/mol. The molecule has 3 rings (SSSR count). The summed E-state index contributed by atoms with van der Waals surface area (Å²) in [5.41, 5.74) is 0.201. The van der Waals surface area contributed by atoms with Crippen LogP contribution >= 0.6 is 23.2 Å². The van der Waals surface area contributed by atoms with E-state index < -0.39 is 5.60 Å². The number of nitrogens with zero attached hydrogens (tertiary/aromatic N) is 3. The molecule has 0 aliphatic rings. The number of pyridine rings is 1. The fourth-order valence-electron chi connectivity index (χ4n) is 2.38. The van der Waals surface area contributed by atoms with Crippen molar-refractivity contribution in [3.63, 3.8) is 0 Å². The SMILES string of the molecule is OC(/C=C/c1ccc(Cl)cc1Cl)(Cn1ccnc1)c1cccnc1. The first-order valence-electron chi connectivity index (χ1n) is 7.30. The van der Waals surface area contributed by atoms with Gasteiger partial charge in [0.1, 0.15) is 5.60 Å². The lowest BCUT2D eigenvalue weighted by atomic mass is 9.93. The second-order valence-corrected chi connectivity index (χ2v) is 6.24. The van der Waals surface area contributed by atoms with Crippen molar-refractivity contribution < 1.29 is 5.11 Å². The highest BCUT2D eigenvalue weighted by Crippen LogP contribution is 2.28. The second-order valence-electron chi connectivity index (χ2n) is 5.40. The average Bonchev–Trinajstić information content (AvgIpc) is 3.07. The summed E-state index contributed by atoms with van der Waals surface area (Å²) in [6.45, 7) is 0.306. The molecule has 2 heterocycles. The highest BCUT2D eigenvalue weighted by atomic mass is 35.5. The zero-order chi connectivity index (χ0) is 17.0. The molecule has 1 unspecified atom stereocenters. The number of halogens is 2. The summed E-state index contributed by atoms with van der Waals surface area (Å²) < 4.78 is 1.81. The summed E-state index contributed by atoms with van der Waals surface area (Å²) in [5, 5.41) is 12.3. The van der Waals surface area contributed by atoms with Crippen LogP contribution < -0.4 is 0 Å². The van der Waals surface area contributed by atoms with Crippen molar-refractivity contribution >= 4 is 29.3 Å². The molecule has 0 amide bonds. The molecule has 4 nitrogen and oxygen atoms in total. The summed E-state index contributed by atoms with van der Waals surface area (Å²) in [7, 11) is 0. The molecule has 0 aliphatic carbocycles. The predicted molar refractivity (Wildman–Crippen MR) is 95.9 cm³/mol. The molecule has 0 bridgehead atoms. The minimum absolute atomic E-state index is 0.306. The number of benzene rings is 1. The Labute approximate surface area is 150 Å². The van der Waals surface area contributed by atoms with Crippen molar-refractivity contribution in [1.82, 2.24) is 14.5 Å². The Bertz CT molecular complexity index is 835. The van der Waals surface area contributed by atoms with Crippen LogP contribution in [0.2, 0.25) is 10.0 Å². The lowest BCUT2D eigenvalue weighted by Gasteiger charge is -2.25. The van der Waals surface area contributed by atoms with Crippen LogP contribution in [0.15, 0.2) is 67.5 Å². The summed E-state index contributed by atoms with van der Waals surface area (Å²) in [5.74, 6) is 0. The topological polar surface area (TPSA) is 50.9 Å². The third kappa shape index (κ3) is 3.85. The molecule has 1 N–H and O–H groups in total. The lowest BCUT2D eigenvalue weighted by molar-refractivity contribution is 0.0701. The molecule has 24 heavy (non-hydrogen) atoms. The predicted octanol–water partition coefficient (Wildman–Crippen LogP) is 4.19. The Hall–Kier alpha value is -2.14. The summed E-state index contributed by atoms with van der Waals surface area (Å²) in [6.07, 6.45) is 11.9. The van der Waals surface area contributed by atoms with E-state index in [1.54, 1.807) is 66.0 Å². The van der Waals surface area contributed by atoms with Crippen LogP contribution in [-0.2, 0) is 12.1 Å². The van der Waals surface area contributed by atoms with Gasteiger partial charge >= 0.3 is 0 Å². The van der Waals surface area contributed by atoms with E-state index in [1.165, 1.54) is 0 Å². The van der Waals surface area contributed by atoms with Gasteiger partial charge in [0.15, 0.2) is 0 Å². The second kappa shape index (κ2) is 7.18. The van der Waals surface area contributed by atoms with Gasteiger partial charge in [-0.05, 0) is 29.8 Å². The maximum atomic E-state index is 11.2. The molecule has 2 aromatic heterocycles. The number of aliphatic hydroxyl groups is 1. The molecule has 0 fully saturated rings. The molecule has 1 atom stereocenters. The van der Waals surface area contributed by atoms with E-state index >= 15 is 0 Å². The molecule has 6 heteroatoms. The molecule has 0 aliphatic heterocycles. The van der Waals surface area contributed by atoms with Crippen LogP contribution in [-0.4, -0.2) is 19.6 Å². The van der Waals surface area contributed by atoms with E-state index in [0.717, 1.165) is 5.56 Å². The van der Waals surface area contributed by atoms with Crippen LogP contribution in [0.4, 0.5) is 0 Å². The number of aromatic nitrogens is 3. The Morgan fingerprint density at radius 2 is 2.04 bits per heavy atom. The number of hydrogen-bond acceptors (Lipinski definition) is 3. The van der Waals surface area contributed by atoms with Crippen molar-refractivity contribution in [1.29, 1.82) is 0 Å². The monoisotopic (exact) mass is 359 g/mol. The first kappa shape index (κ1) is 16.7. The lowest BCUT2D eigenvalue weighted by Crippen LogP contribution is -2.29. The van der Waals surface area contributed by atoms with Gasteiger partial charge in [-0.15, -0.1) is 0 Å². The van der Waals surface area contributed by atoms with Crippen molar-refractivity contribution in [3.05, 3.63) is 88.7 Å². The quantitative estimate of drug-likeness (QED) is 0.742. The Morgan fingerprint density at radius 3 is 2.71 bits per heavy atom. The van der Waals surface area contributed by atoms with Gasteiger partial charge in [-0.25, -0.2) is 4.98 Å². The third-order valence-electron chi connectivity index (χ3n) is 3.65. The molecule has 122 valence electrons. The maximum absolute atomic E-state index is 11.2. The third-order valence-corrected chi connectivity index (χ3v) is 4.21. The molecule has 3 aromatic rings. The number of imidazole rings is 1. The van der Waals surface area contributed by atoms with Crippen LogP contribution in [0.3, 0.4) is 0 Å². The largest absolute Gasteiger partial charge is 0.379 e. The van der Waals surface area contributed by atoms with Crippen molar-refractivity contribution in [2.75, 3.05) is 0 Å².